The number of ketones is 1. The molecule has 2 amide bonds. The molecule has 3 heterocycles. The van der Waals surface area contributed by atoms with Gasteiger partial charge in [-0.2, -0.15) is 0 Å². The van der Waals surface area contributed by atoms with Crippen LogP contribution >= 0.6 is 0 Å². The highest BCUT2D eigenvalue weighted by Gasteiger charge is 2.60. The van der Waals surface area contributed by atoms with Crippen molar-refractivity contribution in [3.8, 4) is 0 Å². The molecule has 0 bridgehead atoms. The molecule has 0 spiro atoms. The number of benzene rings is 1. The summed E-state index contributed by atoms with van der Waals surface area (Å²) >= 11 is 0. The van der Waals surface area contributed by atoms with E-state index in [2.05, 4.69) is 4.90 Å². The van der Waals surface area contributed by atoms with E-state index >= 15 is 0 Å². The second-order valence-electron chi connectivity index (χ2n) is 9.66. The summed E-state index contributed by atoms with van der Waals surface area (Å²) in [7, 11) is 0. The molecule has 0 radical (unpaired) electrons. The number of piperidine rings is 1. The lowest BCUT2D eigenvalue weighted by Crippen LogP contribution is -2.38. The number of urea groups is 1. The third-order valence-electron chi connectivity index (χ3n) is 7.93. The van der Waals surface area contributed by atoms with Crippen LogP contribution in [0.15, 0.2) is 23.9 Å². The summed E-state index contributed by atoms with van der Waals surface area (Å²) in [6, 6.07) is 3.92. The predicted molar refractivity (Wildman–Crippen MR) is 114 cm³/mol. The van der Waals surface area contributed by atoms with Crippen molar-refractivity contribution in [1.82, 2.24) is 14.7 Å². The fourth-order valence-electron chi connectivity index (χ4n) is 6.16. The van der Waals surface area contributed by atoms with Crippen LogP contribution in [0.3, 0.4) is 0 Å². The van der Waals surface area contributed by atoms with Crippen LogP contribution in [0.5, 0.6) is 0 Å². The summed E-state index contributed by atoms with van der Waals surface area (Å²) < 4.78 is 5.12. The van der Waals surface area contributed by atoms with Gasteiger partial charge in [-0.3, -0.25) is 14.6 Å². The van der Waals surface area contributed by atoms with E-state index in [1.807, 2.05) is 17.9 Å². The van der Waals surface area contributed by atoms with Crippen LogP contribution in [0.2, 0.25) is 0 Å². The van der Waals surface area contributed by atoms with E-state index in [1.54, 1.807) is 17.0 Å². The van der Waals surface area contributed by atoms with Crippen molar-refractivity contribution in [3.63, 3.8) is 0 Å². The average molecular weight is 437 g/mol. The molecule has 8 nitrogen and oxygen atoms in total. The molecule has 5 aliphatic rings. The van der Waals surface area contributed by atoms with Crippen LogP contribution in [0.25, 0.3) is 0 Å². The summed E-state index contributed by atoms with van der Waals surface area (Å²) in [5.41, 5.74) is 4.14. The highest BCUT2D eigenvalue weighted by Crippen LogP contribution is 2.50. The summed E-state index contributed by atoms with van der Waals surface area (Å²) in [6.07, 6.45) is 2.19. The molecule has 3 aliphatic heterocycles. The van der Waals surface area contributed by atoms with Gasteiger partial charge in [0.1, 0.15) is 6.61 Å². The first-order chi connectivity index (χ1) is 15.4. The number of ether oxygens (including phenoxy) is 1. The van der Waals surface area contributed by atoms with Crippen molar-refractivity contribution in [2.75, 3.05) is 32.7 Å². The molecule has 168 valence electrons. The molecule has 6 rings (SSSR count). The van der Waals surface area contributed by atoms with Gasteiger partial charge in [0.2, 0.25) is 0 Å². The Kier molecular flexibility index (Phi) is 4.45. The fraction of sp³-hybridized carbons (Fsp3) is 0.542. The Labute approximate surface area is 186 Å². The number of carbonyl (C=O) groups is 3. The maximum absolute atomic E-state index is 12.9. The van der Waals surface area contributed by atoms with E-state index < -0.39 is 6.10 Å². The van der Waals surface area contributed by atoms with Crippen LogP contribution in [-0.4, -0.2) is 76.4 Å². The van der Waals surface area contributed by atoms with Gasteiger partial charge in [-0.25, -0.2) is 9.59 Å². The average Bonchev–Trinajstić information content (AvgIpc) is 3.28. The first kappa shape index (κ1) is 19.9. The number of carbonyl (C=O) groups excluding carboxylic acids is 3. The van der Waals surface area contributed by atoms with E-state index in [1.165, 1.54) is 0 Å². The second kappa shape index (κ2) is 7.15. The third kappa shape index (κ3) is 3.00. The van der Waals surface area contributed by atoms with Crippen LogP contribution < -0.4 is 0 Å². The Hall–Kier alpha value is -2.71. The Morgan fingerprint density at radius 2 is 1.91 bits per heavy atom. The minimum absolute atomic E-state index is 0.0440. The lowest BCUT2D eigenvalue weighted by molar-refractivity contribution is -0.114. The number of cyclic esters (lactones) is 1. The molecule has 3 fully saturated rings. The number of hydrogen-bond acceptors (Lipinski definition) is 6. The summed E-state index contributed by atoms with van der Waals surface area (Å²) in [5.74, 6) is 0.733. The third-order valence-corrected chi connectivity index (χ3v) is 7.93. The molecule has 2 unspecified atom stereocenters. The van der Waals surface area contributed by atoms with Gasteiger partial charge in [-0.1, -0.05) is 6.07 Å². The number of hydrogen-bond donors (Lipinski definition) is 1. The molecule has 32 heavy (non-hydrogen) atoms. The number of amides is 2. The molecule has 1 N–H and O–H groups in total. The lowest BCUT2D eigenvalue weighted by Gasteiger charge is -2.26. The number of allylic oxidation sites excluding steroid dienone is 2. The van der Waals surface area contributed by atoms with Gasteiger partial charge < -0.3 is 14.7 Å². The van der Waals surface area contributed by atoms with E-state index in [9.17, 15) is 19.5 Å². The molecule has 8 heteroatoms. The van der Waals surface area contributed by atoms with Crippen molar-refractivity contribution < 1.29 is 24.2 Å². The van der Waals surface area contributed by atoms with Crippen LogP contribution in [0, 0.1) is 18.8 Å². The maximum atomic E-state index is 12.9. The van der Waals surface area contributed by atoms with Gasteiger partial charge in [0.05, 0.1) is 11.7 Å². The monoisotopic (exact) mass is 437 g/mol. The molecular formula is C24H27N3O5. The van der Waals surface area contributed by atoms with E-state index in [-0.39, 0.29) is 30.4 Å². The number of β-amino-alcohol motifs (C(OH)–C–C–N with tert-alkyl or cyclic N) is 1. The van der Waals surface area contributed by atoms with E-state index in [0.717, 1.165) is 42.0 Å². The number of esters is 1. The molecule has 1 saturated carbocycles. The molecule has 1 aromatic rings. The number of aliphatic hydroxyl groups is 1. The minimum Gasteiger partial charge on any atom is -0.457 e. The minimum atomic E-state index is -0.622. The Morgan fingerprint density at radius 3 is 2.62 bits per heavy atom. The maximum Gasteiger partial charge on any atom is 0.338 e. The summed E-state index contributed by atoms with van der Waals surface area (Å²) in [5, 5.41) is 10.9. The Balaban J connectivity index is 1.06. The van der Waals surface area contributed by atoms with Crippen LogP contribution in [0.1, 0.15) is 46.0 Å². The number of fused-ring (bicyclic) bond motifs is 2. The molecule has 2 aliphatic carbocycles. The zero-order valence-electron chi connectivity index (χ0n) is 18.1. The topological polar surface area (TPSA) is 90.4 Å². The highest BCUT2D eigenvalue weighted by atomic mass is 16.5. The molecule has 0 aromatic heterocycles. The largest absolute Gasteiger partial charge is 0.457 e. The summed E-state index contributed by atoms with van der Waals surface area (Å²) in [6.45, 7) is 5.91. The second-order valence-corrected chi connectivity index (χ2v) is 9.66. The normalized spacial score (nSPS) is 30.0. The van der Waals surface area contributed by atoms with Crippen molar-refractivity contribution >= 4 is 17.8 Å². The SMILES string of the molecule is Cc1c([C@@H](O)CN2CC3C(C2)C3N2CCN(C3=CC(=O)CC3)C2=O)ccc2c1COC2=O. The van der Waals surface area contributed by atoms with Gasteiger partial charge in [0, 0.05) is 62.5 Å². The van der Waals surface area contributed by atoms with Gasteiger partial charge in [-0.15, -0.1) is 0 Å². The van der Waals surface area contributed by atoms with E-state index in [4.69, 9.17) is 4.74 Å². The van der Waals surface area contributed by atoms with Crippen molar-refractivity contribution in [3.05, 3.63) is 46.2 Å². The molecular weight excluding hydrogens is 410 g/mol. The first-order valence-corrected chi connectivity index (χ1v) is 11.4. The Morgan fingerprint density at radius 1 is 1.12 bits per heavy atom. The molecule has 3 atom stereocenters. The van der Waals surface area contributed by atoms with Gasteiger partial charge in [-0.05, 0) is 42.4 Å². The zero-order valence-corrected chi connectivity index (χ0v) is 18.1. The number of rotatable bonds is 5. The molecule has 2 saturated heterocycles. The van der Waals surface area contributed by atoms with Crippen molar-refractivity contribution in [1.29, 1.82) is 0 Å². The van der Waals surface area contributed by atoms with Gasteiger partial charge >= 0.3 is 12.0 Å². The highest BCUT2D eigenvalue weighted by molar-refractivity contribution is 5.94. The van der Waals surface area contributed by atoms with Gasteiger partial charge in [0.25, 0.3) is 0 Å². The lowest BCUT2D eigenvalue weighted by atomic mass is 9.95. The van der Waals surface area contributed by atoms with Crippen molar-refractivity contribution in [2.45, 2.75) is 38.5 Å². The van der Waals surface area contributed by atoms with E-state index in [0.29, 0.717) is 43.3 Å². The zero-order chi connectivity index (χ0) is 22.1. The van der Waals surface area contributed by atoms with Gasteiger partial charge in [0.15, 0.2) is 5.78 Å². The smallest absolute Gasteiger partial charge is 0.338 e. The Bertz CT molecular complexity index is 1050. The standard InChI is InChI=1S/C24H27N3O5/c1-13-16(4-5-17-20(13)12-32-23(17)30)21(29)11-25-9-18-19(10-25)22(18)27-7-6-26(24(27)31)14-2-3-15(28)8-14/h4-5,8,18-19,21-22,29H,2-3,6-7,9-12H2,1H3/t18?,19?,21-,22?/m0/s1. The number of likely N-dealkylation sites (tertiary alicyclic amines) is 1. The summed E-state index contributed by atoms with van der Waals surface area (Å²) in [4.78, 5) is 42.3. The van der Waals surface area contributed by atoms with Crippen LogP contribution in [-0.2, 0) is 16.1 Å². The quantitative estimate of drug-likeness (QED) is 0.704. The predicted octanol–water partition coefficient (Wildman–Crippen LogP) is 1.61. The number of nitrogens with zero attached hydrogens (tertiary/aromatic N) is 3. The van der Waals surface area contributed by atoms with Crippen LogP contribution in [0.4, 0.5) is 4.79 Å². The molecule has 1 aromatic carbocycles. The van der Waals surface area contributed by atoms with Crippen molar-refractivity contribution in [2.24, 2.45) is 11.8 Å². The fourth-order valence-corrected chi connectivity index (χ4v) is 6.16. The first-order valence-electron chi connectivity index (χ1n) is 11.4. The number of aliphatic hydroxyl groups excluding tert-OH is 1.